The molecule has 0 aliphatic heterocycles. The number of rotatable bonds is 7. The predicted molar refractivity (Wildman–Crippen MR) is 101 cm³/mol. The van der Waals surface area contributed by atoms with E-state index in [4.69, 9.17) is 16.7 Å². The van der Waals surface area contributed by atoms with E-state index in [-0.39, 0.29) is 6.42 Å². The molecule has 5 nitrogen and oxygen atoms in total. The molecule has 0 bridgehead atoms. The maximum atomic E-state index is 10.7. The summed E-state index contributed by atoms with van der Waals surface area (Å²) in [5.41, 5.74) is 3.00. The molecule has 0 aliphatic rings. The number of benzene rings is 1. The summed E-state index contributed by atoms with van der Waals surface area (Å²) in [5, 5.41) is 12.7. The second-order valence-corrected chi connectivity index (χ2v) is 6.17. The number of carboxylic acids is 1. The lowest BCUT2D eigenvalue weighted by Crippen LogP contribution is -2.14. The number of hydrogen-bond acceptors (Lipinski definition) is 3. The van der Waals surface area contributed by atoms with Gasteiger partial charge < -0.3 is 10.4 Å². The molecule has 2 aromatic rings. The minimum atomic E-state index is -0.804. The van der Waals surface area contributed by atoms with Crippen LogP contribution in [0.3, 0.4) is 0 Å². The molecule has 0 saturated carbocycles. The molecule has 126 valence electrons. The van der Waals surface area contributed by atoms with Crippen molar-refractivity contribution in [3.63, 3.8) is 0 Å². The van der Waals surface area contributed by atoms with E-state index in [0.717, 1.165) is 16.8 Å². The van der Waals surface area contributed by atoms with Gasteiger partial charge in [-0.2, -0.15) is 0 Å². The zero-order valence-corrected chi connectivity index (χ0v) is 16.1. The fraction of sp³-hybridized carbons (Fsp3) is 0.375. The number of nitrogens with zero attached hydrogens (tertiary/aromatic N) is 2. The Hall–Kier alpha value is -1.12. The number of aromatic nitrogens is 2. The Labute approximate surface area is 155 Å². The molecule has 0 aliphatic carbocycles. The second-order valence-electron chi connectivity index (χ2n) is 4.62. The van der Waals surface area contributed by atoms with Gasteiger partial charge >= 0.3 is 5.97 Å². The van der Waals surface area contributed by atoms with Crippen LogP contribution in [0.25, 0.3) is 0 Å². The van der Waals surface area contributed by atoms with Crippen molar-refractivity contribution in [1.82, 2.24) is 13.1 Å². The summed E-state index contributed by atoms with van der Waals surface area (Å²) in [5.74, 6) is -0.804. The summed E-state index contributed by atoms with van der Waals surface area (Å²) >= 11 is 8.13. The molecule has 1 aromatic heterocycles. The van der Waals surface area contributed by atoms with Crippen molar-refractivity contribution < 1.29 is 9.90 Å². The van der Waals surface area contributed by atoms with Crippen LogP contribution >= 0.6 is 34.5 Å². The van der Waals surface area contributed by atoms with Crippen molar-refractivity contribution in [2.45, 2.75) is 39.8 Å². The largest absolute Gasteiger partial charge is 0.481 e. The van der Waals surface area contributed by atoms with Gasteiger partial charge in [-0.1, -0.05) is 31.5 Å². The van der Waals surface area contributed by atoms with Crippen molar-refractivity contribution in [3.8, 4) is 0 Å². The van der Waals surface area contributed by atoms with E-state index >= 15 is 0 Å². The van der Waals surface area contributed by atoms with E-state index in [9.17, 15) is 4.79 Å². The monoisotopic (exact) mass is 449 g/mol. The quantitative estimate of drug-likeness (QED) is 0.626. The molecule has 0 fully saturated rings. The van der Waals surface area contributed by atoms with Gasteiger partial charge in [-0.3, -0.25) is 7.58 Å². The molecule has 1 aromatic carbocycles. The maximum absolute atomic E-state index is 10.7. The molecular weight excluding hydrogens is 429 g/mol. The molecule has 0 amide bonds. The molecule has 1 heterocycles. The zero-order chi connectivity index (χ0) is 17.2. The first kappa shape index (κ1) is 19.9. The van der Waals surface area contributed by atoms with E-state index in [1.165, 1.54) is 0 Å². The molecule has 2 rings (SSSR count). The maximum Gasteiger partial charge on any atom is 0.303 e. The molecule has 0 saturated heterocycles. The molecule has 7 heteroatoms. The Balaban J connectivity index is 0.00000127. The Morgan fingerprint density at radius 3 is 2.70 bits per heavy atom. The summed E-state index contributed by atoms with van der Waals surface area (Å²) in [6, 6.07) is 5.59. The molecule has 0 spiro atoms. The number of aliphatic carboxylic acids is 1. The highest BCUT2D eigenvalue weighted by Crippen LogP contribution is 2.18. The minimum Gasteiger partial charge on any atom is -0.481 e. The Morgan fingerprint density at radius 2 is 2.09 bits per heavy atom. The van der Waals surface area contributed by atoms with E-state index in [1.54, 1.807) is 6.33 Å². The van der Waals surface area contributed by atoms with Gasteiger partial charge in [0.25, 0.3) is 0 Å². The van der Waals surface area contributed by atoms with Crippen LogP contribution in [0, 0.1) is 0 Å². The highest BCUT2D eigenvalue weighted by Gasteiger charge is 2.06. The number of nitrogens with one attached hydrogen (secondary N) is 1. The molecule has 0 atom stereocenters. The third-order valence-corrected chi connectivity index (χ3v) is 3.77. The van der Waals surface area contributed by atoms with Crippen LogP contribution in [-0.4, -0.2) is 18.8 Å². The fourth-order valence-corrected chi connectivity index (χ4v) is 2.64. The molecule has 0 unspecified atom stereocenters. The second kappa shape index (κ2) is 10.6. The molecule has 23 heavy (non-hydrogen) atoms. The van der Waals surface area contributed by atoms with Gasteiger partial charge in [0.2, 0.25) is 0 Å². The molecule has 2 N–H and O–H groups in total. The first-order valence-electron chi connectivity index (χ1n) is 7.43. The van der Waals surface area contributed by atoms with E-state index in [2.05, 4.69) is 33.2 Å². The number of aryl methyl sites for hydroxylation is 1. The van der Waals surface area contributed by atoms with E-state index in [0.29, 0.717) is 24.5 Å². The Morgan fingerprint density at radius 1 is 1.35 bits per heavy atom. The number of carboxylic acid groups (broad SMARTS) is 1. The highest BCUT2D eigenvalue weighted by molar-refractivity contribution is 14.1. The van der Waals surface area contributed by atoms with Crippen molar-refractivity contribution in [2.24, 2.45) is 0 Å². The Bertz CT molecular complexity index is 632. The number of imidazole rings is 1. The normalized spacial score (nSPS) is 10.1. The van der Waals surface area contributed by atoms with Gasteiger partial charge in [0.1, 0.15) is 6.33 Å². The van der Waals surface area contributed by atoms with Gasteiger partial charge in [0.05, 0.1) is 28.6 Å². The predicted octanol–water partition coefficient (Wildman–Crippen LogP) is 4.07. The van der Waals surface area contributed by atoms with Gasteiger partial charge in [0, 0.05) is 30.7 Å². The van der Waals surface area contributed by atoms with E-state index < -0.39 is 5.97 Å². The van der Waals surface area contributed by atoms with Gasteiger partial charge in [-0.05, 0) is 29.7 Å². The van der Waals surface area contributed by atoms with Crippen LogP contribution in [0.5, 0.6) is 0 Å². The molecule has 0 radical (unpaired) electrons. The lowest BCUT2D eigenvalue weighted by atomic mass is 10.0. The van der Waals surface area contributed by atoms with Gasteiger partial charge in [0.15, 0.2) is 0 Å². The lowest BCUT2D eigenvalue weighted by molar-refractivity contribution is -0.136. The standard InChI is InChI=1S/C14H15ClIN3O2.C2H6/c15-12-3-1-11(10(5-12)2-4-14(20)21)6-17-7-13-8-19(16)9-18-13;1-2/h1,3,5,8-9,17H,2,4,6-7H2,(H,20,21);1-2H3. The van der Waals surface area contributed by atoms with Crippen molar-refractivity contribution in [3.05, 3.63) is 52.6 Å². The summed E-state index contributed by atoms with van der Waals surface area (Å²) in [6.07, 6.45) is 4.28. The van der Waals surface area contributed by atoms with E-state index in [1.807, 2.05) is 41.0 Å². The topological polar surface area (TPSA) is 67.2 Å². The first-order valence-corrected chi connectivity index (χ1v) is 8.77. The third kappa shape index (κ3) is 7.32. The third-order valence-electron chi connectivity index (χ3n) is 3.00. The Kier molecular flexibility index (Phi) is 9.20. The highest BCUT2D eigenvalue weighted by atomic mass is 127. The van der Waals surface area contributed by atoms with Crippen LogP contribution in [0.15, 0.2) is 30.7 Å². The summed E-state index contributed by atoms with van der Waals surface area (Å²) < 4.78 is 1.87. The van der Waals surface area contributed by atoms with Gasteiger partial charge in [-0.25, -0.2) is 4.98 Å². The number of hydrogen-bond donors (Lipinski definition) is 2. The van der Waals surface area contributed by atoms with Crippen LogP contribution in [0.1, 0.15) is 37.1 Å². The smallest absolute Gasteiger partial charge is 0.303 e. The van der Waals surface area contributed by atoms with Crippen LogP contribution in [0.2, 0.25) is 5.02 Å². The first-order chi connectivity index (χ1) is 11.0. The van der Waals surface area contributed by atoms with Crippen LogP contribution in [-0.2, 0) is 24.3 Å². The summed E-state index contributed by atoms with van der Waals surface area (Å²) in [6.45, 7) is 5.32. The van der Waals surface area contributed by atoms with Crippen molar-refractivity contribution in [1.29, 1.82) is 0 Å². The number of halogens is 2. The zero-order valence-electron chi connectivity index (χ0n) is 13.2. The minimum absolute atomic E-state index is 0.104. The summed E-state index contributed by atoms with van der Waals surface area (Å²) in [4.78, 5) is 14.9. The van der Waals surface area contributed by atoms with Crippen LogP contribution in [0.4, 0.5) is 0 Å². The fourth-order valence-electron chi connectivity index (χ4n) is 2.00. The average molecular weight is 450 g/mol. The molecular formula is C16H21ClIN3O2. The SMILES string of the molecule is CC.O=C(O)CCc1cc(Cl)ccc1CNCc1cn(I)cn1. The lowest BCUT2D eigenvalue weighted by Gasteiger charge is -2.10. The van der Waals surface area contributed by atoms with Crippen molar-refractivity contribution in [2.75, 3.05) is 0 Å². The average Bonchev–Trinajstić information content (AvgIpc) is 2.94. The van der Waals surface area contributed by atoms with Crippen LogP contribution < -0.4 is 5.32 Å². The number of carbonyl (C=O) groups is 1. The van der Waals surface area contributed by atoms with Crippen molar-refractivity contribution >= 4 is 40.4 Å². The summed E-state index contributed by atoms with van der Waals surface area (Å²) in [7, 11) is 0. The van der Waals surface area contributed by atoms with Gasteiger partial charge in [-0.15, -0.1) is 0 Å².